The van der Waals surface area contributed by atoms with Crippen molar-refractivity contribution >= 4 is 5.91 Å². The second kappa shape index (κ2) is 3.29. The number of nitrogens with zero attached hydrogens (tertiary/aromatic N) is 3. The largest absolute Gasteiger partial charge is 0.333 e. The molecule has 2 heterocycles. The van der Waals surface area contributed by atoms with Gasteiger partial charge in [-0.05, 0) is 27.2 Å². The number of carbonyl (C=O) groups is 1. The molecule has 1 aliphatic heterocycles. The fraction of sp³-hybridized carbons (Fsp3) is 0.545. The Morgan fingerprint density at radius 1 is 1.40 bits per heavy atom. The Kier molecular flexibility index (Phi) is 2.21. The molecule has 1 fully saturated rings. The van der Waals surface area contributed by atoms with Crippen LogP contribution in [-0.4, -0.2) is 32.9 Å². The van der Waals surface area contributed by atoms with Gasteiger partial charge in [0.1, 0.15) is 5.82 Å². The van der Waals surface area contributed by atoms with Crippen molar-refractivity contribution in [2.75, 3.05) is 6.54 Å². The highest BCUT2D eigenvalue weighted by Crippen LogP contribution is 2.30. The average Bonchev–Trinajstić information content (AvgIpc) is 2.17. The molecule has 0 aromatic carbocycles. The van der Waals surface area contributed by atoms with Crippen LogP contribution in [-0.2, 0) is 0 Å². The van der Waals surface area contributed by atoms with E-state index in [0.717, 1.165) is 13.0 Å². The van der Waals surface area contributed by atoms with Crippen LogP contribution < -0.4 is 0 Å². The van der Waals surface area contributed by atoms with Crippen molar-refractivity contribution in [3.63, 3.8) is 0 Å². The Balaban J connectivity index is 2.18. The number of likely N-dealkylation sites (tertiary alicyclic amines) is 1. The standard InChI is InChI=1S/C11H15N3O/c1-8-12-6-9(7-13-8)10(15)14-5-4-11(14,2)3/h6-7H,4-5H2,1-3H3. The van der Waals surface area contributed by atoms with Crippen LogP contribution in [0.4, 0.5) is 0 Å². The quantitative estimate of drug-likeness (QED) is 0.696. The SMILES string of the molecule is Cc1ncc(C(=O)N2CCC2(C)C)cn1. The smallest absolute Gasteiger partial charge is 0.257 e. The molecular weight excluding hydrogens is 190 g/mol. The molecule has 0 saturated carbocycles. The number of hydrogen-bond donors (Lipinski definition) is 0. The lowest BCUT2D eigenvalue weighted by atomic mass is 9.88. The van der Waals surface area contributed by atoms with Crippen molar-refractivity contribution in [1.29, 1.82) is 0 Å². The van der Waals surface area contributed by atoms with E-state index in [2.05, 4.69) is 23.8 Å². The summed E-state index contributed by atoms with van der Waals surface area (Å²) in [6.45, 7) is 6.79. The molecule has 0 bridgehead atoms. The number of aromatic nitrogens is 2. The van der Waals surface area contributed by atoms with E-state index < -0.39 is 0 Å². The molecule has 4 heteroatoms. The zero-order valence-electron chi connectivity index (χ0n) is 9.32. The number of aryl methyl sites for hydroxylation is 1. The van der Waals surface area contributed by atoms with Crippen molar-refractivity contribution in [2.45, 2.75) is 32.7 Å². The number of amides is 1. The lowest BCUT2D eigenvalue weighted by Gasteiger charge is -2.48. The molecule has 4 nitrogen and oxygen atoms in total. The Hall–Kier alpha value is -1.45. The highest BCUT2D eigenvalue weighted by atomic mass is 16.2. The highest BCUT2D eigenvalue weighted by molar-refractivity contribution is 5.94. The van der Waals surface area contributed by atoms with Crippen LogP contribution >= 0.6 is 0 Å². The zero-order valence-corrected chi connectivity index (χ0v) is 9.32. The fourth-order valence-corrected chi connectivity index (χ4v) is 1.71. The monoisotopic (exact) mass is 205 g/mol. The van der Waals surface area contributed by atoms with Crippen molar-refractivity contribution in [3.05, 3.63) is 23.8 Å². The van der Waals surface area contributed by atoms with Crippen molar-refractivity contribution in [2.24, 2.45) is 0 Å². The summed E-state index contributed by atoms with van der Waals surface area (Å²) in [5.41, 5.74) is 0.565. The first-order valence-electron chi connectivity index (χ1n) is 5.11. The molecule has 80 valence electrons. The zero-order chi connectivity index (χ0) is 11.1. The fourth-order valence-electron chi connectivity index (χ4n) is 1.71. The van der Waals surface area contributed by atoms with Crippen LogP contribution in [0.1, 0.15) is 36.5 Å². The van der Waals surface area contributed by atoms with Gasteiger partial charge >= 0.3 is 0 Å². The Labute approximate surface area is 89.3 Å². The summed E-state index contributed by atoms with van der Waals surface area (Å²) in [4.78, 5) is 21.9. The van der Waals surface area contributed by atoms with Crippen LogP contribution in [0.2, 0.25) is 0 Å². The van der Waals surface area contributed by atoms with E-state index in [9.17, 15) is 4.79 Å². The number of carbonyl (C=O) groups excluding carboxylic acids is 1. The summed E-state index contributed by atoms with van der Waals surface area (Å²) in [5.74, 6) is 0.723. The third kappa shape index (κ3) is 1.71. The Morgan fingerprint density at radius 2 is 2.00 bits per heavy atom. The summed E-state index contributed by atoms with van der Waals surface area (Å²) < 4.78 is 0. The maximum absolute atomic E-state index is 12.0. The normalized spacial score (nSPS) is 18.5. The molecule has 1 saturated heterocycles. The average molecular weight is 205 g/mol. The van der Waals surface area contributed by atoms with Crippen LogP contribution in [0.5, 0.6) is 0 Å². The molecule has 1 aliphatic rings. The van der Waals surface area contributed by atoms with E-state index in [1.54, 1.807) is 12.4 Å². The maximum atomic E-state index is 12.0. The lowest BCUT2D eigenvalue weighted by Crippen LogP contribution is -2.58. The number of hydrogen-bond acceptors (Lipinski definition) is 3. The summed E-state index contributed by atoms with van der Waals surface area (Å²) in [6.07, 6.45) is 4.25. The minimum absolute atomic E-state index is 0.0119. The van der Waals surface area contributed by atoms with E-state index in [1.807, 2.05) is 11.8 Å². The predicted octanol–water partition coefficient (Wildman–Crippen LogP) is 1.41. The number of rotatable bonds is 1. The molecule has 0 atom stereocenters. The van der Waals surface area contributed by atoms with Crippen molar-refractivity contribution < 1.29 is 4.79 Å². The van der Waals surface area contributed by atoms with Gasteiger partial charge < -0.3 is 4.90 Å². The first-order valence-corrected chi connectivity index (χ1v) is 5.11. The van der Waals surface area contributed by atoms with Gasteiger partial charge in [-0.25, -0.2) is 9.97 Å². The third-order valence-electron chi connectivity index (χ3n) is 2.95. The second-order valence-corrected chi connectivity index (χ2v) is 4.54. The van der Waals surface area contributed by atoms with Crippen molar-refractivity contribution in [1.82, 2.24) is 14.9 Å². The molecule has 0 N–H and O–H groups in total. The second-order valence-electron chi connectivity index (χ2n) is 4.54. The first kappa shape index (κ1) is 10.1. The summed E-state index contributed by atoms with van der Waals surface area (Å²) >= 11 is 0. The summed E-state index contributed by atoms with van der Waals surface area (Å²) in [6, 6.07) is 0. The summed E-state index contributed by atoms with van der Waals surface area (Å²) in [5, 5.41) is 0. The minimum Gasteiger partial charge on any atom is -0.333 e. The van der Waals surface area contributed by atoms with Gasteiger partial charge in [-0.1, -0.05) is 0 Å². The van der Waals surface area contributed by atoms with Gasteiger partial charge in [0.25, 0.3) is 5.91 Å². The van der Waals surface area contributed by atoms with Gasteiger partial charge in [0.15, 0.2) is 0 Å². The van der Waals surface area contributed by atoms with Gasteiger partial charge in [-0.2, -0.15) is 0 Å². The molecule has 2 rings (SSSR count). The van der Waals surface area contributed by atoms with Crippen LogP contribution in [0.3, 0.4) is 0 Å². The summed E-state index contributed by atoms with van der Waals surface area (Å²) in [7, 11) is 0. The topological polar surface area (TPSA) is 46.1 Å². The first-order chi connectivity index (χ1) is 7.00. The van der Waals surface area contributed by atoms with Crippen LogP contribution in [0, 0.1) is 6.92 Å². The minimum atomic E-state index is -0.0119. The van der Waals surface area contributed by atoms with Gasteiger partial charge in [0, 0.05) is 24.5 Å². The predicted molar refractivity (Wildman–Crippen MR) is 56.5 cm³/mol. The van der Waals surface area contributed by atoms with Gasteiger partial charge in [-0.15, -0.1) is 0 Å². The molecule has 0 radical (unpaired) electrons. The van der Waals surface area contributed by atoms with Gasteiger partial charge in [-0.3, -0.25) is 4.79 Å². The molecule has 1 amide bonds. The van der Waals surface area contributed by atoms with E-state index in [4.69, 9.17) is 0 Å². The maximum Gasteiger partial charge on any atom is 0.257 e. The molecular formula is C11H15N3O. The lowest BCUT2D eigenvalue weighted by molar-refractivity contribution is 0.0157. The van der Waals surface area contributed by atoms with Gasteiger partial charge in [0.05, 0.1) is 5.56 Å². The van der Waals surface area contributed by atoms with Gasteiger partial charge in [0.2, 0.25) is 0 Å². The Bertz CT molecular complexity index is 383. The van der Waals surface area contributed by atoms with E-state index >= 15 is 0 Å². The molecule has 0 unspecified atom stereocenters. The molecule has 0 aliphatic carbocycles. The Morgan fingerprint density at radius 3 is 2.40 bits per heavy atom. The van der Waals surface area contributed by atoms with E-state index in [0.29, 0.717) is 11.4 Å². The molecule has 0 spiro atoms. The van der Waals surface area contributed by atoms with Crippen LogP contribution in [0.25, 0.3) is 0 Å². The van der Waals surface area contributed by atoms with Crippen LogP contribution in [0.15, 0.2) is 12.4 Å². The van der Waals surface area contributed by atoms with Crippen molar-refractivity contribution in [3.8, 4) is 0 Å². The molecule has 1 aromatic rings. The van der Waals surface area contributed by atoms with E-state index in [-0.39, 0.29) is 11.4 Å². The third-order valence-corrected chi connectivity index (χ3v) is 2.95. The highest BCUT2D eigenvalue weighted by Gasteiger charge is 2.39. The molecule has 1 aromatic heterocycles. The molecule has 15 heavy (non-hydrogen) atoms. The van der Waals surface area contributed by atoms with E-state index in [1.165, 1.54) is 0 Å².